The smallest absolute Gasteiger partial charge is 0.340 e. The molecule has 0 bridgehead atoms. The first-order chi connectivity index (χ1) is 11.0. The molecule has 0 spiro atoms. The summed E-state index contributed by atoms with van der Waals surface area (Å²) in [4.78, 5) is 12.7. The van der Waals surface area contributed by atoms with E-state index in [-0.39, 0.29) is 12.1 Å². The van der Waals surface area contributed by atoms with Crippen LogP contribution in [0.4, 0.5) is 0 Å². The molecule has 0 aliphatic heterocycles. The van der Waals surface area contributed by atoms with Gasteiger partial charge in [0.15, 0.2) is 6.10 Å². The number of hydrogen-bond acceptors (Lipinski definition) is 3. The highest BCUT2D eigenvalue weighted by Crippen LogP contribution is 2.36. The van der Waals surface area contributed by atoms with Crippen LogP contribution in [0.1, 0.15) is 58.6 Å². The van der Waals surface area contributed by atoms with Gasteiger partial charge in [0.1, 0.15) is 6.10 Å². The predicted octanol–water partition coefficient (Wildman–Crippen LogP) is 4.77. The zero-order chi connectivity index (χ0) is 16.8. The lowest BCUT2D eigenvalue weighted by Gasteiger charge is -2.37. The van der Waals surface area contributed by atoms with Crippen molar-refractivity contribution < 1.29 is 14.3 Å². The maximum Gasteiger partial charge on any atom is 0.340 e. The van der Waals surface area contributed by atoms with Gasteiger partial charge in [0.05, 0.1) is 0 Å². The molecule has 3 heteroatoms. The van der Waals surface area contributed by atoms with E-state index < -0.39 is 6.10 Å². The molecule has 0 N–H and O–H groups in total. The summed E-state index contributed by atoms with van der Waals surface area (Å²) in [6.07, 6.45) is 2.72. The zero-order valence-electron chi connectivity index (χ0n) is 14.8. The Morgan fingerprint density at radius 3 is 2.52 bits per heavy atom. The fourth-order valence-corrected chi connectivity index (χ4v) is 3.56. The van der Waals surface area contributed by atoms with Crippen LogP contribution < -0.4 is 0 Å². The summed E-state index contributed by atoms with van der Waals surface area (Å²) in [5.41, 5.74) is 0.865. The summed E-state index contributed by atoms with van der Waals surface area (Å²) >= 11 is 0. The van der Waals surface area contributed by atoms with Crippen molar-refractivity contribution in [1.82, 2.24) is 0 Å². The quantitative estimate of drug-likeness (QED) is 0.709. The highest BCUT2D eigenvalue weighted by atomic mass is 16.6. The number of hydrogen-bond donors (Lipinski definition) is 0. The predicted molar refractivity (Wildman–Crippen MR) is 92.0 cm³/mol. The molecule has 0 amide bonds. The second-order valence-electron chi connectivity index (χ2n) is 7.05. The standard InChI is InChI=1S/C20H30O3/c1-5-22-19(16-9-7-6-8-10-16)20(21)23-18-13-15(4)11-12-17(18)14(2)3/h6-10,14-15,17-19H,5,11-13H2,1-4H3/t15-,17+,18-,19?/m1/s1. The maximum atomic E-state index is 12.7. The minimum Gasteiger partial charge on any atom is -0.460 e. The molecule has 1 aromatic rings. The van der Waals surface area contributed by atoms with Crippen molar-refractivity contribution in [2.45, 2.75) is 59.2 Å². The molecular weight excluding hydrogens is 288 g/mol. The Balaban J connectivity index is 2.10. The summed E-state index contributed by atoms with van der Waals surface area (Å²) in [5.74, 6) is 1.35. The average molecular weight is 318 g/mol. The molecule has 1 aliphatic carbocycles. The van der Waals surface area contributed by atoms with Crippen LogP contribution in [-0.4, -0.2) is 18.7 Å². The monoisotopic (exact) mass is 318 g/mol. The Kier molecular flexibility index (Phi) is 6.64. The molecule has 1 saturated carbocycles. The van der Waals surface area contributed by atoms with Crippen molar-refractivity contribution in [3.63, 3.8) is 0 Å². The van der Waals surface area contributed by atoms with Gasteiger partial charge in [-0.25, -0.2) is 4.79 Å². The van der Waals surface area contributed by atoms with Crippen molar-refractivity contribution in [3.8, 4) is 0 Å². The summed E-state index contributed by atoms with van der Waals surface area (Å²) in [7, 11) is 0. The largest absolute Gasteiger partial charge is 0.460 e. The molecule has 1 unspecified atom stereocenters. The highest BCUT2D eigenvalue weighted by molar-refractivity contribution is 5.76. The molecule has 0 heterocycles. The van der Waals surface area contributed by atoms with Crippen molar-refractivity contribution in [1.29, 1.82) is 0 Å². The first kappa shape index (κ1) is 18.0. The highest BCUT2D eigenvalue weighted by Gasteiger charge is 2.35. The number of carbonyl (C=O) groups is 1. The van der Waals surface area contributed by atoms with Gasteiger partial charge >= 0.3 is 5.97 Å². The fraction of sp³-hybridized carbons (Fsp3) is 0.650. The Bertz CT molecular complexity index is 483. The van der Waals surface area contributed by atoms with E-state index in [1.807, 2.05) is 37.3 Å². The molecule has 4 atom stereocenters. The first-order valence-corrected chi connectivity index (χ1v) is 8.90. The van der Waals surface area contributed by atoms with Gasteiger partial charge in [-0.2, -0.15) is 0 Å². The molecule has 23 heavy (non-hydrogen) atoms. The molecular formula is C20H30O3. The normalized spacial score (nSPS) is 26.0. The number of benzene rings is 1. The van der Waals surface area contributed by atoms with Gasteiger partial charge in [0.2, 0.25) is 0 Å². The molecule has 1 aliphatic rings. The lowest BCUT2D eigenvalue weighted by Crippen LogP contribution is -2.37. The molecule has 3 nitrogen and oxygen atoms in total. The Labute approximate surface area is 140 Å². The molecule has 0 saturated heterocycles. The molecule has 2 rings (SSSR count). The van der Waals surface area contributed by atoms with Crippen molar-refractivity contribution >= 4 is 5.97 Å². The lowest BCUT2D eigenvalue weighted by atomic mass is 9.75. The van der Waals surface area contributed by atoms with Gasteiger partial charge in [0.25, 0.3) is 0 Å². The summed E-state index contributed by atoms with van der Waals surface area (Å²) < 4.78 is 11.6. The maximum absolute atomic E-state index is 12.7. The van der Waals surface area contributed by atoms with Crippen LogP contribution in [0.15, 0.2) is 30.3 Å². The van der Waals surface area contributed by atoms with Gasteiger partial charge in [-0.15, -0.1) is 0 Å². The minimum absolute atomic E-state index is 0.0120. The van der Waals surface area contributed by atoms with Crippen molar-refractivity contribution in [3.05, 3.63) is 35.9 Å². The van der Waals surface area contributed by atoms with E-state index in [2.05, 4.69) is 20.8 Å². The van der Waals surface area contributed by atoms with Crippen LogP contribution in [0.2, 0.25) is 0 Å². The van der Waals surface area contributed by atoms with E-state index >= 15 is 0 Å². The molecule has 0 radical (unpaired) electrons. The summed E-state index contributed by atoms with van der Waals surface area (Å²) in [6.45, 7) is 9.08. The van der Waals surface area contributed by atoms with Gasteiger partial charge in [-0.3, -0.25) is 0 Å². The van der Waals surface area contributed by atoms with E-state index in [0.29, 0.717) is 24.4 Å². The van der Waals surface area contributed by atoms with Crippen molar-refractivity contribution in [2.75, 3.05) is 6.61 Å². The van der Waals surface area contributed by atoms with E-state index in [1.165, 1.54) is 6.42 Å². The van der Waals surface area contributed by atoms with Crippen LogP contribution in [0.3, 0.4) is 0 Å². The Hall–Kier alpha value is -1.35. The van der Waals surface area contributed by atoms with Gasteiger partial charge in [0, 0.05) is 6.61 Å². The molecule has 1 fully saturated rings. The fourth-order valence-electron chi connectivity index (χ4n) is 3.56. The second kappa shape index (κ2) is 8.49. The third-order valence-electron chi connectivity index (χ3n) is 4.88. The molecule has 128 valence electrons. The number of esters is 1. The summed E-state index contributed by atoms with van der Waals surface area (Å²) in [6, 6.07) is 9.63. The van der Waals surface area contributed by atoms with E-state index in [1.54, 1.807) is 0 Å². The van der Waals surface area contributed by atoms with Crippen LogP contribution in [0.5, 0.6) is 0 Å². The van der Waals surface area contributed by atoms with Crippen molar-refractivity contribution in [2.24, 2.45) is 17.8 Å². The van der Waals surface area contributed by atoms with Crippen LogP contribution in [0.25, 0.3) is 0 Å². The van der Waals surface area contributed by atoms with Crippen LogP contribution in [-0.2, 0) is 14.3 Å². The van der Waals surface area contributed by atoms with E-state index in [0.717, 1.165) is 18.4 Å². The third-order valence-corrected chi connectivity index (χ3v) is 4.88. The van der Waals surface area contributed by atoms with E-state index in [9.17, 15) is 4.79 Å². The lowest BCUT2D eigenvalue weighted by molar-refractivity contribution is -0.169. The van der Waals surface area contributed by atoms with Gasteiger partial charge in [-0.1, -0.05) is 57.5 Å². The second-order valence-corrected chi connectivity index (χ2v) is 7.05. The third kappa shape index (κ3) is 4.81. The SMILES string of the molecule is CCOC(C(=O)O[C@@H]1C[C@H](C)CC[C@H]1C(C)C)c1ccccc1. The number of rotatable bonds is 6. The van der Waals surface area contributed by atoms with Gasteiger partial charge < -0.3 is 9.47 Å². The van der Waals surface area contributed by atoms with Crippen LogP contribution in [0, 0.1) is 17.8 Å². The topological polar surface area (TPSA) is 35.5 Å². The van der Waals surface area contributed by atoms with E-state index in [4.69, 9.17) is 9.47 Å². The Morgan fingerprint density at radius 1 is 1.22 bits per heavy atom. The zero-order valence-corrected chi connectivity index (χ0v) is 14.8. The Morgan fingerprint density at radius 2 is 1.91 bits per heavy atom. The minimum atomic E-state index is -0.619. The van der Waals surface area contributed by atoms with Crippen LogP contribution >= 0.6 is 0 Å². The first-order valence-electron chi connectivity index (χ1n) is 8.90. The number of carbonyl (C=O) groups excluding carboxylic acids is 1. The summed E-state index contributed by atoms with van der Waals surface area (Å²) in [5, 5.41) is 0. The average Bonchev–Trinajstić information content (AvgIpc) is 2.53. The number of ether oxygens (including phenoxy) is 2. The molecule has 0 aromatic heterocycles. The molecule has 1 aromatic carbocycles. The van der Waals surface area contributed by atoms with Gasteiger partial charge in [-0.05, 0) is 43.1 Å².